The Hall–Kier alpha value is -0.820. The van der Waals surface area contributed by atoms with Crippen LogP contribution in [0.3, 0.4) is 0 Å². The molecule has 0 amide bonds. The van der Waals surface area contributed by atoms with Gasteiger partial charge in [-0.2, -0.15) is 0 Å². The van der Waals surface area contributed by atoms with Crippen LogP contribution in [0.2, 0.25) is 0 Å². The number of ether oxygens (including phenoxy) is 1. The first-order valence-electron chi connectivity index (χ1n) is 5.42. The zero-order chi connectivity index (χ0) is 10.4. The highest BCUT2D eigenvalue weighted by Gasteiger charge is 1.95. The quantitative estimate of drug-likeness (QED) is 0.630. The number of aryl methyl sites for hydroxylation is 1. The lowest BCUT2D eigenvalue weighted by molar-refractivity contribution is 0.117. The molecule has 1 heteroatoms. The highest BCUT2D eigenvalue weighted by molar-refractivity contribution is 5.24. The largest absolute Gasteiger partial charge is 0.377 e. The van der Waals surface area contributed by atoms with Gasteiger partial charge in [-0.05, 0) is 24.5 Å². The molecule has 1 atom stereocenters. The van der Waals surface area contributed by atoms with Crippen molar-refractivity contribution in [2.24, 2.45) is 0 Å². The Morgan fingerprint density at radius 3 is 2.85 bits per heavy atom. The van der Waals surface area contributed by atoms with Gasteiger partial charge in [0.25, 0.3) is 0 Å². The van der Waals surface area contributed by atoms with Crippen molar-refractivity contribution in [3.63, 3.8) is 0 Å². The molecule has 0 radical (unpaired) electrons. The molecule has 0 saturated heterocycles. The summed E-state index contributed by atoms with van der Waals surface area (Å²) in [7, 11) is 0. The summed E-state index contributed by atoms with van der Waals surface area (Å²) in [5.74, 6) is 0. The van der Waals surface area contributed by atoms with Crippen molar-refractivity contribution in [3.8, 4) is 0 Å². The van der Waals surface area contributed by atoms with Gasteiger partial charge in [0, 0.05) is 6.61 Å². The zero-order valence-corrected chi connectivity index (χ0v) is 8.42. The highest BCUT2D eigenvalue weighted by atomic mass is 16.5. The van der Waals surface area contributed by atoms with E-state index in [-0.39, 0.29) is 0 Å². The fourth-order valence-corrected chi connectivity index (χ4v) is 1.10. The van der Waals surface area contributed by atoms with E-state index in [9.17, 15) is 0 Å². The molecule has 0 aliphatic heterocycles. The maximum absolute atomic E-state index is 7.81. The molecule has 1 aromatic carbocycles. The summed E-state index contributed by atoms with van der Waals surface area (Å²) in [6.07, 6.45) is 2.14. The average molecular weight is 179 g/mol. The van der Waals surface area contributed by atoms with Crippen LogP contribution in [-0.4, -0.2) is 6.61 Å². The van der Waals surface area contributed by atoms with Gasteiger partial charge in [0.2, 0.25) is 0 Å². The third-order valence-electron chi connectivity index (χ3n) is 2.01. The normalized spacial score (nSPS) is 13.8. The van der Waals surface area contributed by atoms with Crippen LogP contribution >= 0.6 is 0 Å². The van der Waals surface area contributed by atoms with Crippen molar-refractivity contribution in [2.75, 3.05) is 6.61 Å². The van der Waals surface area contributed by atoms with E-state index in [0.29, 0.717) is 6.61 Å². The minimum Gasteiger partial charge on any atom is -0.377 e. The third kappa shape index (κ3) is 3.60. The molecule has 0 spiro atoms. The van der Waals surface area contributed by atoms with Gasteiger partial charge < -0.3 is 4.74 Å². The molecule has 72 valence electrons. The van der Waals surface area contributed by atoms with Crippen molar-refractivity contribution in [3.05, 3.63) is 35.4 Å². The molecule has 0 aromatic heterocycles. The van der Waals surface area contributed by atoms with E-state index in [2.05, 4.69) is 6.92 Å². The Morgan fingerprint density at radius 2 is 2.15 bits per heavy atom. The van der Waals surface area contributed by atoms with Crippen molar-refractivity contribution in [1.82, 2.24) is 0 Å². The van der Waals surface area contributed by atoms with Crippen molar-refractivity contribution in [2.45, 2.75) is 33.3 Å². The molecule has 0 saturated carbocycles. The molecule has 1 nitrogen and oxygen atoms in total. The van der Waals surface area contributed by atoms with E-state index in [1.807, 2.05) is 31.2 Å². The van der Waals surface area contributed by atoms with Gasteiger partial charge in [0.15, 0.2) is 0 Å². The van der Waals surface area contributed by atoms with E-state index < -0.39 is 6.58 Å². The van der Waals surface area contributed by atoms with Gasteiger partial charge in [-0.3, -0.25) is 0 Å². The summed E-state index contributed by atoms with van der Waals surface area (Å²) < 4.78 is 13.2. The Labute approximate surface area is 82.1 Å². The average Bonchev–Trinajstić information content (AvgIpc) is 2.18. The smallest absolute Gasteiger partial charge is 0.0719 e. The van der Waals surface area contributed by atoms with Crippen LogP contribution in [0.1, 0.15) is 32.3 Å². The maximum atomic E-state index is 7.81. The second kappa shape index (κ2) is 5.76. The monoisotopic (exact) mass is 179 g/mol. The van der Waals surface area contributed by atoms with Gasteiger partial charge >= 0.3 is 0 Å². The molecule has 0 heterocycles. The van der Waals surface area contributed by atoms with Crippen LogP contribution in [-0.2, 0) is 11.3 Å². The summed E-state index contributed by atoms with van der Waals surface area (Å²) in [6, 6.07) is 7.91. The first kappa shape index (κ1) is 8.76. The Bertz CT molecular complexity index is 273. The molecule has 0 bridgehead atoms. The van der Waals surface area contributed by atoms with Crippen LogP contribution < -0.4 is 0 Å². The van der Waals surface area contributed by atoms with E-state index in [1.54, 1.807) is 0 Å². The predicted octanol–water partition coefficient (Wildman–Crippen LogP) is 3.31. The Kier molecular flexibility index (Phi) is 3.88. The molecule has 1 unspecified atom stereocenters. The van der Waals surface area contributed by atoms with Gasteiger partial charge in [0.05, 0.1) is 7.95 Å². The Balaban J connectivity index is 2.51. The van der Waals surface area contributed by atoms with Crippen LogP contribution in [0.4, 0.5) is 0 Å². The summed E-state index contributed by atoms with van der Waals surface area (Å²) in [6.45, 7) is 4.29. The van der Waals surface area contributed by atoms with Crippen LogP contribution in [0.5, 0.6) is 0 Å². The highest BCUT2D eigenvalue weighted by Crippen LogP contribution is 2.08. The minimum absolute atomic E-state index is 0.525. The van der Waals surface area contributed by atoms with E-state index in [0.717, 1.165) is 24.0 Å². The van der Waals surface area contributed by atoms with Crippen molar-refractivity contribution in [1.29, 1.82) is 0 Å². The predicted molar refractivity (Wildman–Crippen MR) is 55.7 cm³/mol. The summed E-state index contributed by atoms with van der Waals surface area (Å²) in [4.78, 5) is 0. The fraction of sp³-hybridized carbons (Fsp3) is 0.500. The first-order valence-corrected chi connectivity index (χ1v) is 4.85. The molecule has 1 aromatic rings. The second-order valence-corrected chi connectivity index (χ2v) is 3.20. The lowest BCUT2D eigenvalue weighted by atomic mass is 10.1. The minimum atomic E-state index is -0.525. The number of rotatable bonds is 5. The zero-order valence-electron chi connectivity index (χ0n) is 9.42. The summed E-state index contributed by atoms with van der Waals surface area (Å²) in [5.41, 5.74) is 2.10. The van der Waals surface area contributed by atoms with E-state index in [4.69, 9.17) is 6.11 Å². The van der Waals surface area contributed by atoms with Crippen molar-refractivity contribution >= 4 is 0 Å². The maximum Gasteiger partial charge on any atom is 0.0719 e. The summed E-state index contributed by atoms with van der Waals surface area (Å²) in [5, 5.41) is 0. The van der Waals surface area contributed by atoms with Gasteiger partial charge in [-0.25, -0.2) is 0 Å². The van der Waals surface area contributed by atoms with Crippen molar-refractivity contribution < 1.29 is 6.11 Å². The molecule has 1 rings (SSSR count). The van der Waals surface area contributed by atoms with Gasteiger partial charge in [0.1, 0.15) is 0 Å². The first-order chi connectivity index (χ1) is 6.75. The van der Waals surface area contributed by atoms with Crippen LogP contribution in [0, 0.1) is 6.92 Å². The summed E-state index contributed by atoms with van der Waals surface area (Å²) >= 11 is 0. The second-order valence-electron chi connectivity index (χ2n) is 3.20. The molecule has 0 aliphatic carbocycles. The van der Waals surface area contributed by atoms with Crippen LogP contribution in [0.25, 0.3) is 0 Å². The lowest BCUT2D eigenvalue weighted by Crippen LogP contribution is -1.96. The van der Waals surface area contributed by atoms with E-state index >= 15 is 0 Å². The van der Waals surface area contributed by atoms with Gasteiger partial charge in [-0.1, -0.05) is 37.6 Å². The lowest BCUT2D eigenvalue weighted by Gasteiger charge is -2.05. The topological polar surface area (TPSA) is 9.23 Å². The number of benzene rings is 1. The number of hydrogen-bond donors (Lipinski definition) is 0. The molecule has 13 heavy (non-hydrogen) atoms. The molecular weight excluding hydrogens is 160 g/mol. The van der Waals surface area contributed by atoms with E-state index in [1.165, 1.54) is 0 Å². The number of hydrogen-bond acceptors (Lipinski definition) is 1. The molecular formula is C12H18O. The van der Waals surface area contributed by atoms with Crippen LogP contribution in [0.15, 0.2) is 24.3 Å². The third-order valence-corrected chi connectivity index (χ3v) is 2.01. The molecule has 0 fully saturated rings. The molecule has 0 aliphatic rings. The Morgan fingerprint density at radius 1 is 1.38 bits per heavy atom. The molecule has 0 N–H and O–H groups in total. The SMILES string of the molecule is [2H]C(OCCCC)c1ccccc1C. The van der Waals surface area contributed by atoms with Gasteiger partial charge in [-0.15, -0.1) is 0 Å². The fourth-order valence-electron chi connectivity index (χ4n) is 1.10. The standard InChI is InChI=1S/C12H18O/c1-3-4-9-13-10-12-8-6-5-7-11(12)2/h5-8H,3-4,9-10H2,1-2H3/i10D. The number of unbranched alkanes of at least 4 members (excludes halogenated alkanes) is 1.